The predicted molar refractivity (Wildman–Crippen MR) is 53.2 cm³/mol. The van der Waals surface area contributed by atoms with Crippen molar-refractivity contribution >= 4 is 29.1 Å². The minimum atomic E-state index is -0.168. The lowest BCUT2D eigenvalue weighted by atomic mass is 10.1. The average molecular weight is 217 g/mol. The van der Waals surface area contributed by atoms with Crippen molar-refractivity contribution in [2.75, 3.05) is 7.05 Å². The fourth-order valence-corrected chi connectivity index (χ4v) is 1.22. The first-order valence-electron chi connectivity index (χ1n) is 3.70. The second-order valence-corrected chi connectivity index (χ2v) is 3.36. The van der Waals surface area contributed by atoms with Gasteiger partial charge in [-0.05, 0) is 17.7 Å². The monoisotopic (exact) mass is 216 g/mol. The summed E-state index contributed by atoms with van der Waals surface area (Å²) in [4.78, 5) is 10.9. The van der Waals surface area contributed by atoms with Gasteiger partial charge in [0.25, 0.3) is 0 Å². The summed E-state index contributed by atoms with van der Waals surface area (Å²) in [6, 6.07) is 5.10. The first-order chi connectivity index (χ1) is 6.13. The van der Waals surface area contributed by atoms with Crippen molar-refractivity contribution < 1.29 is 4.79 Å². The third-order valence-corrected chi connectivity index (χ3v) is 2.33. The van der Waals surface area contributed by atoms with Crippen molar-refractivity contribution in [3.63, 3.8) is 0 Å². The van der Waals surface area contributed by atoms with Gasteiger partial charge < -0.3 is 0 Å². The highest BCUT2D eigenvalue weighted by atomic mass is 35.5. The Morgan fingerprint density at radius 2 is 2.08 bits per heavy atom. The zero-order valence-electron chi connectivity index (χ0n) is 7.05. The maximum absolute atomic E-state index is 10.9. The van der Waals surface area contributed by atoms with Gasteiger partial charge in [-0.1, -0.05) is 29.3 Å². The molecule has 0 aliphatic carbocycles. The van der Waals surface area contributed by atoms with Gasteiger partial charge in [-0.15, -0.1) is 0 Å². The zero-order chi connectivity index (χ0) is 9.84. The molecule has 0 saturated heterocycles. The maximum Gasteiger partial charge on any atom is 0.245 e. The molecule has 0 unspecified atom stereocenters. The Kier molecular flexibility index (Phi) is 3.58. The van der Waals surface area contributed by atoms with Crippen LogP contribution in [0.15, 0.2) is 18.2 Å². The summed E-state index contributed by atoms with van der Waals surface area (Å²) >= 11 is 11.5. The third-order valence-electron chi connectivity index (χ3n) is 1.59. The van der Waals surface area contributed by atoms with Crippen molar-refractivity contribution in [3.8, 4) is 0 Å². The highest BCUT2D eigenvalue weighted by Gasteiger charge is 2.04. The van der Waals surface area contributed by atoms with Crippen LogP contribution in [-0.4, -0.2) is 13.0 Å². The quantitative estimate of drug-likeness (QED) is 0.747. The highest BCUT2D eigenvalue weighted by Crippen LogP contribution is 2.22. The van der Waals surface area contributed by atoms with Gasteiger partial charge in [0.15, 0.2) is 0 Å². The van der Waals surface area contributed by atoms with Gasteiger partial charge >= 0.3 is 0 Å². The van der Waals surface area contributed by atoms with E-state index in [4.69, 9.17) is 23.2 Å². The van der Waals surface area contributed by atoms with Crippen LogP contribution in [0.4, 0.5) is 0 Å². The molecule has 69 valence electrons. The number of carbonyl (C=O) groups is 1. The molecule has 13 heavy (non-hydrogen) atoms. The molecule has 0 aliphatic rings. The average Bonchev–Trinajstić information content (AvgIpc) is 2.11. The number of rotatable bonds is 2. The number of hydrogen-bond acceptors (Lipinski definition) is 1. The maximum atomic E-state index is 10.9. The van der Waals surface area contributed by atoms with E-state index in [0.29, 0.717) is 10.0 Å². The van der Waals surface area contributed by atoms with E-state index in [0.717, 1.165) is 5.56 Å². The summed E-state index contributed by atoms with van der Waals surface area (Å²) in [7, 11) is 1.47. The molecule has 0 bridgehead atoms. The van der Waals surface area contributed by atoms with Crippen LogP contribution in [0.2, 0.25) is 10.0 Å². The topological polar surface area (TPSA) is 31.2 Å². The van der Waals surface area contributed by atoms with Crippen LogP contribution in [-0.2, 0) is 11.2 Å². The number of likely N-dealkylation sites (N-methyl/N-ethyl adjacent to an activating group) is 1. The van der Waals surface area contributed by atoms with Crippen LogP contribution in [0.1, 0.15) is 5.56 Å². The molecule has 1 aromatic carbocycles. The highest BCUT2D eigenvalue weighted by molar-refractivity contribution is 6.42. The molecular formula is C9H8Cl2NO. The first kappa shape index (κ1) is 10.4. The molecule has 1 amide bonds. The number of benzene rings is 1. The molecule has 0 spiro atoms. The van der Waals surface area contributed by atoms with Gasteiger partial charge in [-0.3, -0.25) is 10.1 Å². The molecule has 4 heteroatoms. The lowest BCUT2D eigenvalue weighted by Crippen LogP contribution is -2.12. The van der Waals surface area contributed by atoms with Gasteiger partial charge in [0.2, 0.25) is 5.91 Å². The Hall–Kier alpha value is -0.730. The molecule has 0 aromatic heterocycles. The fraction of sp³-hybridized carbons (Fsp3) is 0.222. The molecule has 0 aliphatic heterocycles. The van der Waals surface area contributed by atoms with E-state index in [2.05, 4.69) is 5.32 Å². The van der Waals surface area contributed by atoms with Crippen molar-refractivity contribution in [2.24, 2.45) is 0 Å². The summed E-state index contributed by atoms with van der Waals surface area (Å²) in [5.74, 6) is -0.168. The smallest absolute Gasteiger partial charge is 0.245 e. The summed E-state index contributed by atoms with van der Waals surface area (Å²) in [6.07, 6.45) is 0.271. The van der Waals surface area contributed by atoms with Crippen molar-refractivity contribution in [1.29, 1.82) is 0 Å². The predicted octanol–water partition coefficient (Wildman–Crippen LogP) is 2.30. The molecule has 0 heterocycles. The van der Waals surface area contributed by atoms with E-state index < -0.39 is 0 Å². The zero-order valence-corrected chi connectivity index (χ0v) is 8.56. The van der Waals surface area contributed by atoms with Crippen LogP contribution >= 0.6 is 23.2 Å². The Balaban J connectivity index is 2.79. The van der Waals surface area contributed by atoms with E-state index >= 15 is 0 Å². The lowest BCUT2D eigenvalue weighted by molar-refractivity contribution is -0.120. The fourth-order valence-electron chi connectivity index (χ4n) is 0.903. The minimum absolute atomic E-state index is 0.168. The Bertz CT molecular complexity index is 325. The van der Waals surface area contributed by atoms with Crippen LogP contribution in [0.3, 0.4) is 0 Å². The van der Waals surface area contributed by atoms with Gasteiger partial charge in [0, 0.05) is 7.05 Å². The van der Waals surface area contributed by atoms with Crippen LogP contribution < -0.4 is 5.32 Å². The largest absolute Gasteiger partial charge is 0.273 e. The molecule has 0 saturated carbocycles. The Morgan fingerprint density at radius 1 is 1.38 bits per heavy atom. The molecule has 0 fully saturated rings. The standard InChI is InChI=1S/C9H8Cl2NO/c1-12-9(13)5-6-2-3-7(10)8(11)4-6/h2-4H,5H2,1H3. The van der Waals surface area contributed by atoms with Crippen LogP contribution in [0, 0.1) is 0 Å². The normalized spacial score (nSPS) is 9.77. The van der Waals surface area contributed by atoms with Gasteiger partial charge in [0.1, 0.15) is 0 Å². The van der Waals surface area contributed by atoms with Crippen molar-refractivity contribution in [3.05, 3.63) is 33.8 Å². The van der Waals surface area contributed by atoms with Crippen molar-refractivity contribution in [1.82, 2.24) is 5.32 Å². The SMILES string of the molecule is C[N]C(=O)Cc1ccc(Cl)c(Cl)c1. The van der Waals surface area contributed by atoms with Crippen LogP contribution in [0.5, 0.6) is 0 Å². The van der Waals surface area contributed by atoms with Crippen molar-refractivity contribution in [2.45, 2.75) is 6.42 Å². The molecule has 0 atom stereocenters. The minimum Gasteiger partial charge on any atom is -0.273 e. The van der Waals surface area contributed by atoms with E-state index in [-0.39, 0.29) is 12.3 Å². The molecular weight excluding hydrogens is 209 g/mol. The molecule has 0 N–H and O–H groups in total. The van der Waals surface area contributed by atoms with Gasteiger partial charge in [-0.25, -0.2) is 0 Å². The van der Waals surface area contributed by atoms with E-state index in [1.165, 1.54) is 7.05 Å². The molecule has 2 nitrogen and oxygen atoms in total. The summed E-state index contributed by atoms with van der Waals surface area (Å²) in [6.45, 7) is 0. The Morgan fingerprint density at radius 3 is 2.62 bits per heavy atom. The van der Waals surface area contributed by atoms with E-state index in [1.54, 1.807) is 18.2 Å². The van der Waals surface area contributed by atoms with E-state index in [1.807, 2.05) is 0 Å². The molecule has 1 aromatic rings. The summed E-state index contributed by atoms with van der Waals surface area (Å²) < 4.78 is 0. The number of halogens is 2. The number of amides is 1. The Labute approximate surface area is 86.8 Å². The summed E-state index contributed by atoms with van der Waals surface area (Å²) in [5.41, 5.74) is 0.824. The van der Waals surface area contributed by atoms with Gasteiger partial charge in [-0.2, -0.15) is 0 Å². The summed E-state index contributed by atoms with van der Waals surface area (Å²) in [5, 5.41) is 4.47. The molecule has 1 radical (unpaired) electrons. The van der Waals surface area contributed by atoms with Gasteiger partial charge in [0.05, 0.1) is 16.5 Å². The van der Waals surface area contributed by atoms with Crippen LogP contribution in [0.25, 0.3) is 0 Å². The number of carbonyl (C=O) groups excluding carboxylic acids is 1. The van der Waals surface area contributed by atoms with E-state index in [9.17, 15) is 4.79 Å². The number of hydrogen-bond donors (Lipinski definition) is 0. The third kappa shape index (κ3) is 2.90. The molecule has 1 rings (SSSR count). The second kappa shape index (κ2) is 4.49. The first-order valence-corrected chi connectivity index (χ1v) is 4.45. The lowest BCUT2D eigenvalue weighted by Gasteiger charge is -2.00. The second-order valence-electron chi connectivity index (χ2n) is 2.54. The number of nitrogens with zero attached hydrogens (tertiary/aromatic N) is 1.